The highest BCUT2D eigenvalue weighted by Gasteiger charge is 2.18. The molecule has 19 heavy (non-hydrogen) atoms. The van der Waals surface area contributed by atoms with Crippen LogP contribution in [-0.4, -0.2) is 43.7 Å². The third kappa shape index (κ3) is 3.98. The summed E-state index contributed by atoms with van der Waals surface area (Å²) >= 11 is 1.69. The number of benzene rings is 1. The second kappa shape index (κ2) is 6.96. The van der Waals surface area contributed by atoms with Crippen LogP contribution in [0.2, 0.25) is 0 Å². The Balaban J connectivity index is 1.93. The number of nitrogens with zero attached hydrogens (tertiary/aromatic N) is 1. The second-order valence-electron chi connectivity index (χ2n) is 5.13. The van der Waals surface area contributed by atoms with Gasteiger partial charge in [0.05, 0.1) is 0 Å². The van der Waals surface area contributed by atoms with Gasteiger partial charge in [-0.15, -0.1) is 11.8 Å². The molecule has 0 spiro atoms. The molecule has 0 bridgehead atoms. The number of rotatable bonds is 4. The van der Waals surface area contributed by atoms with Gasteiger partial charge in [-0.2, -0.15) is 0 Å². The first kappa shape index (κ1) is 14.4. The van der Waals surface area contributed by atoms with Crippen LogP contribution in [0.15, 0.2) is 29.2 Å². The SMILES string of the molecule is CSc1ccc(C(=O)N(C)CC2CCCNC2)cc1. The van der Waals surface area contributed by atoms with Crippen molar-refractivity contribution in [3.8, 4) is 0 Å². The Labute approximate surface area is 119 Å². The Bertz CT molecular complexity index is 413. The molecule has 1 aromatic carbocycles. The number of amides is 1. The number of thioether (sulfide) groups is 1. The predicted molar refractivity (Wildman–Crippen MR) is 80.8 cm³/mol. The molecule has 1 atom stereocenters. The summed E-state index contributed by atoms with van der Waals surface area (Å²) < 4.78 is 0. The molecule has 1 heterocycles. The number of hydrogen-bond donors (Lipinski definition) is 1. The fourth-order valence-corrected chi connectivity index (χ4v) is 2.91. The first-order chi connectivity index (χ1) is 9.20. The standard InChI is InChI=1S/C15H22N2OS/c1-17(11-12-4-3-9-16-10-12)15(18)13-5-7-14(19-2)8-6-13/h5-8,12,16H,3-4,9-11H2,1-2H3. The van der Waals surface area contributed by atoms with Gasteiger partial charge in [-0.3, -0.25) is 4.79 Å². The molecule has 1 aliphatic heterocycles. The van der Waals surface area contributed by atoms with E-state index in [4.69, 9.17) is 0 Å². The van der Waals surface area contributed by atoms with Gasteiger partial charge >= 0.3 is 0 Å². The minimum Gasteiger partial charge on any atom is -0.341 e. The van der Waals surface area contributed by atoms with Crippen LogP contribution in [0.1, 0.15) is 23.2 Å². The molecule has 1 unspecified atom stereocenters. The van der Waals surface area contributed by atoms with E-state index >= 15 is 0 Å². The Morgan fingerprint density at radius 1 is 1.42 bits per heavy atom. The lowest BCUT2D eigenvalue weighted by molar-refractivity contribution is 0.0764. The van der Waals surface area contributed by atoms with Crippen LogP contribution in [0.3, 0.4) is 0 Å². The van der Waals surface area contributed by atoms with Gasteiger partial charge in [0.15, 0.2) is 0 Å². The molecular formula is C15H22N2OS. The first-order valence-electron chi connectivity index (χ1n) is 6.81. The van der Waals surface area contributed by atoms with Crippen LogP contribution in [0, 0.1) is 5.92 Å². The Morgan fingerprint density at radius 3 is 2.74 bits per heavy atom. The maximum atomic E-state index is 12.3. The molecule has 1 aliphatic rings. The molecule has 0 aromatic heterocycles. The molecule has 2 rings (SSSR count). The van der Waals surface area contributed by atoms with Gasteiger partial charge in [-0.1, -0.05) is 0 Å². The smallest absolute Gasteiger partial charge is 0.253 e. The molecule has 3 nitrogen and oxygen atoms in total. The average molecular weight is 278 g/mol. The van der Waals surface area contributed by atoms with Crippen LogP contribution in [0.4, 0.5) is 0 Å². The van der Waals surface area contributed by atoms with Gasteiger partial charge in [0, 0.05) is 24.1 Å². The van der Waals surface area contributed by atoms with Crippen molar-refractivity contribution in [3.05, 3.63) is 29.8 Å². The zero-order valence-electron chi connectivity index (χ0n) is 11.7. The van der Waals surface area contributed by atoms with E-state index in [1.54, 1.807) is 11.8 Å². The van der Waals surface area contributed by atoms with Crippen LogP contribution in [0.5, 0.6) is 0 Å². The summed E-state index contributed by atoms with van der Waals surface area (Å²) in [4.78, 5) is 15.4. The summed E-state index contributed by atoms with van der Waals surface area (Å²) in [5.74, 6) is 0.714. The summed E-state index contributed by atoms with van der Waals surface area (Å²) in [5, 5.41) is 3.39. The van der Waals surface area contributed by atoms with Gasteiger partial charge < -0.3 is 10.2 Å². The van der Waals surface area contributed by atoms with Gasteiger partial charge in [-0.05, 0) is 62.4 Å². The maximum Gasteiger partial charge on any atom is 0.253 e. The fourth-order valence-electron chi connectivity index (χ4n) is 2.50. The van der Waals surface area contributed by atoms with E-state index in [1.807, 2.05) is 42.5 Å². The minimum absolute atomic E-state index is 0.123. The van der Waals surface area contributed by atoms with E-state index in [0.29, 0.717) is 5.92 Å². The van der Waals surface area contributed by atoms with Crippen LogP contribution in [-0.2, 0) is 0 Å². The molecular weight excluding hydrogens is 256 g/mol. The molecule has 4 heteroatoms. The van der Waals surface area contributed by atoms with Crippen molar-refractivity contribution in [3.63, 3.8) is 0 Å². The van der Waals surface area contributed by atoms with Gasteiger partial charge in [0.1, 0.15) is 0 Å². The lowest BCUT2D eigenvalue weighted by atomic mass is 9.99. The summed E-state index contributed by atoms with van der Waals surface area (Å²) in [5.41, 5.74) is 0.782. The normalized spacial score (nSPS) is 19.2. The Hall–Kier alpha value is -1.00. The van der Waals surface area contributed by atoms with Crippen molar-refractivity contribution in [2.24, 2.45) is 5.92 Å². The largest absolute Gasteiger partial charge is 0.341 e. The number of carbonyl (C=O) groups excluding carboxylic acids is 1. The zero-order valence-corrected chi connectivity index (χ0v) is 12.5. The van der Waals surface area contributed by atoms with E-state index in [2.05, 4.69) is 5.32 Å². The Kier molecular flexibility index (Phi) is 5.28. The van der Waals surface area contributed by atoms with Crippen molar-refractivity contribution in [1.29, 1.82) is 0 Å². The summed E-state index contributed by atoms with van der Waals surface area (Å²) in [6.07, 6.45) is 4.48. The summed E-state index contributed by atoms with van der Waals surface area (Å²) in [6.45, 7) is 2.99. The number of hydrogen-bond acceptors (Lipinski definition) is 3. The summed E-state index contributed by atoms with van der Waals surface area (Å²) in [6, 6.07) is 7.86. The Morgan fingerprint density at radius 2 is 2.16 bits per heavy atom. The van der Waals surface area contributed by atoms with E-state index in [0.717, 1.165) is 25.2 Å². The number of carbonyl (C=O) groups is 1. The second-order valence-corrected chi connectivity index (χ2v) is 6.01. The van der Waals surface area contributed by atoms with E-state index in [9.17, 15) is 4.79 Å². The average Bonchev–Trinajstić information content (AvgIpc) is 2.47. The highest BCUT2D eigenvalue weighted by molar-refractivity contribution is 7.98. The molecule has 1 aromatic rings. The van der Waals surface area contributed by atoms with Crippen molar-refractivity contribution >= 4 is 17.7 Å². The molecule has 0 radical (unpaired) electrons. The van der Waals surface area contributed by atoms with Crippen molar-refractivity contribution in [1.82, 2.24) is 10.2 Å². The molecule has 0 saturated carbocycles. The van der Waals surface area contributed by atoms with E-state index in [-0.39, 0.29) is 5.91 Å². The third-order valence-electron chi connectivity index (χ3n) is 3.61. The lowest BCUT2D eigenvalue weighted by Gasteiger charge is -2.27. The van der Waals surface area contributed by atoms with E-state index in [1.165, 1.54) is 17.7 Å². The van der Waals surface area contributed by atoms with Gasteiger partial charge in [0.2, 0.25) is 0 Å². The molecule has 0 aliphatic carbocycles. The number of nitrogens with one attached hydrogen (secondary N) is 1. The molecule has 1 amide bonds. The molecule has 1 saturated heterocycles. The highest BCUT2D eigenvalue weighted by atomic mass is 32.2. The van der Waals surface area contributed by atoms with Crippen molar-refractivity contribution in [2.45, 2.75) is 17.7 Å². The molecule has 1 fully saturated rings. The summed E-state index contributed by atoms with van der Waals surface area (Å²) in [7, 11) is 1.90. The van der Waals surface area contributed by atoms with Crippen LogP contribution >= 0.6 is 11.8 Å². The van der Waals surface area contributed by atoms with Gasteiger partial charge in [-0.25, -0.2) is 0 Å². The quantitative estimate of drug-likeness (QED) is 0.859. The van der Waals surface area contributed by atoms with Gasteiger partial charge in [0.25, 0.3) is 5.91 Å². The topological polar surface area (TPSA) is 32.3 Å². The first-order valence-corrected chi connectivity index (χ1v) is 8.03. The monoisotopic (exact) mass is 278 g/mol. The zero-order chi connectivity index (χ0) is 13.7. The van der Waals surface area contributed by atoms with Crippen molar-refractivity contribution < 1.29 is 4.79 Å². The maximum absolute atomic E-state index is 12.3. The third-order valence-corrected chi connectivity index (χ3v) is 4.36. The fraction of sp³-hybridized carbons (Fsp3) is 0.533. The van der Waals surface area contributed by atoms with Crippen molar-refractivity contribution in [2.75, 3.05) is 32.9 Å². The van der Waals surface area contributed by atoms with Crippen LogP contribution < -0.4 is 5.32 Å². The van der Waals surface area contributed by atoms with E-state index < -0.39 is 0 Å². The minimum atomic E-state index is 0.123. The lowest BCUT2D eigenvalue weighted by Crippen LogP contribution is -2.39. The molecule has 104 valence electrons. The highest BCUT2D eigenvalue weighted by Crippen LogP contribution is 2.17. The number of piperidine rings is 1. The molecule has 1 N–H and O–H groups in total. The van der Waals surface area contributed by atoms with Crippen LogP contribution in [0.25, 0.3) is 0 Å². The predicted octanol–water partition coefficient (Wildman–Crippen LogP) is 2.48.